The van der Waals surface area contributed by atoms with Crippen molar-refractivity contribution in [2.24, 2.45) is 0 Å². The smallest absolute Gasteiger partial charge is 0.0463 e. The van der Waals surface area contributed by atoms with Gasteiger partial charge in [-0.1, -0.05) is 154 Å². The van der Waals surface area contributed by atoms with E-state index in [1.54, 1.807) is 0 Å². The molecule has 0 radical (unpaired) electrons. The highest BCUT2D eigenvalue weighted by atomic mass is 14.9. The number of para-hydroxylation sites is 2. The third-order valence-corrected chi connectivity index (χ3v) is 8.77. The Balaban J connectivity index is 1.23. The Morgan fingerprint density at radius 3 is 1.15 bits per heavy atom. The van der Waals surface area contributed by atoms with Crippen LogP contribution in [0.25, 0.3) is 44.5 Å². The zero-order valence-corrected chi connectivity index (χ0v) is 27.7. The maximum absolute atomic E-state index is 3.80. The monoisotopic (exact) mass is 620 g/mol. The molecule has 0 amide bonds. The summed E-state index contributed by atoms with van der Waals surface area (Å²) in [5.74, 6) is 0. The number of rotatable bonds is 8. The summed E-state index contributed by atoms with van der Waals surface area (Å²) in [5.41, 5.74) is 14.9. The van der Waals surface area contributed by atoms with Crippen molar-refractivity contribution in [1.29, 1.82) is 0 Å². The summed E-state index contributed by atoms with van der Waals surface area (Å²) >= 11 is 0. The molecule has 0 bridgehead atoms. The molecule has 0 aliphatic heterocycles. The highest BCUT2D eigenvalue weighted by molar-refractivity contribution is 5.86. The molecule has 0 heterocycles. The van der Waals surface area contributed by atoms with Crippen molar-refractivity contribution in [3.05, 3.63) is 181 Å². The van der Waals surface area contributed by atoms with E-state index in [9.17, 15) is 0 Å². The van der Waals surface area contributed by atoms with Gasteiger partial charge in [-0.3, -0.25) is 0 Å². The van der Waals surface area contributed by atoms with Crippen LogP contribution >= 0.6 is 0 Å². The zero-order valence-electron chi connectivity index (χ0n) is 27.7. The molecule has 0 unspecified atom stereocenters. The fourth-order valence-corrected chi connectivity index (χ4v) is 6.20. The standard InChI is InChI=1S/C46H40N2/c1-46(2,3)39-30-40(47-44-26-12-10-24-42(44)37-22-14-20-35(28-37)33-16-6-4-7-17-33)32-41(31-39)48-45-27-13-11-25-43(45)38-23-15-21-36(29-38)34-18-8-5-9-19-34/h4-32,47-48H,1-3H3. The van der Waals surface area contributed by atoms with Crippen LogP contribution < -0.4 is 10.6 Å². The second-order valence-electron chi connectivity index (χ2n) is 13.3. The normalized spacial score (nSPS) is 11.2. The van der Waals surface area contributed by atoms with Gasteiger partial charge in [0.25, 0.3) is 0 Å². The lowest BCUT2D eigenvalue weighted by atomic mass is 9.86. The van der Waals surface area contributed by atoms with Crippen molar-refractivity contribution in [2.45, 2.75) is 26.2 Å². The van der Waals surface area contributed by atoms with Crippen LogP contribution in [0.15, 0.2) is 176 Å². The highest BCUT2D eigenvalue weighted by Crippen LogP contribution is 2.38. The van der Waals surface area contributed by atoms with Crippen LogP contribution in [-0.4, -0.2) is 0 Å². The largest absolute Gasteiger partial charge is 0.355 e. The minimum Gasteiger partial charge on any atom is -0.355 e. The van der Waals surface area contributed by atoms with E-state index in [4.69, 9.17) is 0 Å². The molecule has 2 N–H and O–H groups in total. The third kappa shape index (κ3) is 6.94. The summed E-state index contributed by atoms with van der Waals surface area (Å²) < 4.78 is 0. The second-order valence-corrected chi connectivity index (χ2v) is 13.3. The fraction of sp³-hybridized carbons (Fsp3) is 0.0870. The van der Waals surface area contributed by atoms with Gasteiger partial charge in [0, 0.05) is 33.9 Å². The first kappa shape index (κ1) is 30.8. The lowest BCUT2D eigenvalue weighted by Crippen LogP contribution is -2.12. The number of hydrogen-bond donors (Lipinski definition) is 2. The molecule has 7 aromatic rings. The zero-order chi connectivity index (χ0) is 32.9. The molecule has 7 aromatic carbocycles. The lowest BCUT2D eigenvalue weighted by Gasteiger charge is -2.23. The summed E-state index contributed by atoms with van der Waals surface area (Å²) in [7, 11) is 0. The first-order valence-electron chi connectivity index (χ1n) is 16.6. The number of benzene rings is 7. The van der Waals surface area contributed by atoms with Crippen LogP contribution in [0.2, 0.25) is 0 Å². The molecule has 2 nitrogen and oxygen atoms in total. The SMILES string of the molecule is CC(C)(C)c1cc(Nc2ccccc2-c2cccc(-c3ccccc3)c2)cc(Nc2ccccc2-c2cccc(-c3ccccc3)c2)c1. The van der Waals surface area contributed by atoms with Crippen molar-refractivity contribution < 1.29 is 0 Å². The van der Waals surface area contributed by atoms with Crippen molar-refractivity contribution in [3.63, 3.8) is 0 Å². The molecular weight excluding hydrogens is 581 g/mol. The van der Waals surface area contributed by atoms with E-state index < -0.39 is 0 Å². The van der Waals surface area contributed by atoms with Crippen LogP contribution in [0.5, 0.6) is 0 Å². The summed E-state index contributed by atoms with van der Waals surface area (Å²) in [6.07, 6.45) is 0. The first-order valence-corrected chi connectivity index (χ1v) is 16.6. The maximum Gasteiger partial charge on any atom is 0.0463 e. The van der Waals surface area contributed by atoms with Gasteiger partial charge in [0.15, 0.2) is 0 Å². The molecule has 0 fully saturated rings. The second kappa shape index (κ2) is 13.5. The van der Waals surface area contributed by atoms with Crippen LogP contribution in [-0.2, 0) is 5.41 Å². The Hall–Kier alpha value is -5.86. The number of nitrogens with one attached hydrogen (secondary N) is 2. The third-order valence-electron chi connectivity index (χ3n) is 8.77. The molecule has 48 heavy (non-hydrogen) atoms. The molecule has 0 atom stereocenters. The predicted octanol–water partition coefficient (Wildman–Crippen LogP) is 13.1. The molecular formula is C46H40N2. The van der Waals surface area contributed by atoms with Gasteiger partial charge in [-0.05, 0) is 86.8 Å². The Kier molecular flexibility index (Phi) is 8.64. The minimum absolute atomic E-state index is 0.0405. The first-order chi connectivity index (χ1) is 23.4. The van der Waals surface area contributed by atoms with E-state index in [-0.39, 0.29) is 5.41 Å². The fourth-order valence-electron chi connectivity index (χ4n) is 6.20. The molecule has 0 spiro atoms. The molecule has 0 aliphatic carbocycles. The van der Waals surface area contributed by atoms with Crippen molar-refractivity contribution in [1.82, 2.24) is 0 Å². The lowest BCUT2D eigenvalue weighted by molar-refractivity contribution is 0.591. The van der Waals surface area contributed by atoms with E-state index in [0.29, 0.717) is 0 Å². The average Bonchev–Trinajstić information content (AvgIpc) is 3.12. The van der Waals surface area contributed by atoms with Gasteiger partial charge in [0.1, 0.15) is 0 Å². The van der Waals surface area contributed by atoms with Gasteiger partial charge >= 0.3 is 0 Å². The molecule has 234 valence electrons. The topological polar surface area (TPSA) is 24.1 Å². The molecule has 7 rings (SSSR count). The predicted molar refractivity (Wildman–Crippen MR) is 206 cm³/mol. The quantitative estimate of drug-likeness (QED) is 0.177. The van der Waals surface area contributed by atoms with E-state index in [2.05, 4.69) is 207 Å². The van der Waals surface area contributed by atoms with Gasteiger partial charge in [-0.15, -0.1) is 0 Å². The summed E-state index contributed by atoms with van der Waals surface area (Å²) in [6.45, 7) is 6.80. The summed E-state index contributed by atoms with van der Waals surface area (Å²) in [5, 5.41) is 7.60. The van der Waals surface area contributed by atoms with E-state index >= 15 is 0 Å². The van der Waals surface area contributed by atoms with Crippen molar-refractivity contribution in [2.75, 3.05) is 10.6 Å². The van der Waals surface area contributed by atoms with Crippen molar-refractivity contribution >= 4 is 22.7 Å². The average molecular weight is 621 g/mol. The Morgan fingerprint density at radius 1 is 0.333 bits per heavy atom. The maximum atomic E-state index is 3.80. The molecule has 0 aliphatic rings. The summed E-state index contributed by atoms with van der Waals surface area (Å²) in [4.78, 5) is 0. The number of anilines is 4. The molecule has 0 aromatic heterocycles. The summed E-state index contributed by atoms with van der Waals surface area (Å²) in [6, 6.07) is 62.6. The van der Waals surface area contributed by atoms with Crippen molar-refractivity contribution in [3.8, 4) is 44.5 Å². The van der Waals surface area contributed by atoms with Gasteiger partial charge in [0.2, 0.25) is 0 Å². The Bertz CT molecular complexity index is 2010. The van der Waals surface area contributed by atoms with E-state index in [0.717, 1.165) is 33.9 Å². The van der Waals surface area contributed by atoms with Crippen LogP contribution in [0, 0.1) is 0 Å². The Morgan fingerprint density at radius 2 is 0.708 bits per heavy atom. The number of hydrogen-bond acceptors (Lipinski definition) is 2. The Labute approximate surface area is 284 Å². The van der Waals surface area contributed by atoms with Gasteiger partial charge in [-0.25, -0.2) is 0 Å². The molecule has 0 saturated carbocycles. The highest BCUT2D eigenvalue weighted by Gasteiger charge is 2.17. The van der Waals surface area contributed by atoms with E-state index in [1.807, 2.05) is 0 Å². The van der Waals surface area contributed by atoms with Gasteiger partial charge in [-0.2, -0.15) is 0 Å². The van der Waals surface area contributed by atoms with E-state index in [1.165, 1.54) is 38.9 Å². The van der Waals surface area contributed by atoms with Crippen LogP contribution in [0.1, 0.15) is 26.3 Å². The molecule has 2 heteroatoms. The minimum atomic E-state index is -0.0405. The van der Waals surface area contributed by atoms with Gasteiger partial charge < -0.3 is 10.6 Å². The van der Waals surface area contributed by atoms with Gasteiger partial charge in [0.05, 0.1) is 0 Å². The molecule has 0 saturated heterocycles. The van der Waals surface area contributed by atoms with Crippen LogP contribution in [0.4, 0.5) is 22.7 Å². The van der Waals surface area contributed by atoms with Crippen LogP contribution in [0.3, 0.4) is 0 Å².